The lowest BCUT2D eigenvalue weighted by Crippen LogP contribution is -2.04. The average Bonchev–Trinajstić information content (AvgIpc) is 2.33. The molecule has 0 heterocycles. The van der Waals surface area contributed by atoms with Crippen LogP contribution >= 0.6 is 15.9 Å². The van der Waals surface area contributed by atoms with Crippen LogP contribution in [0.1, 0.15) is 24.1 Å². The summed E-state index contributed by atoms with van der Waals surface area (Å²) in [7, 11) is 0. The van der Waals surface area contributed by atoms with Gasteiger partial charge in [0.2, 0.25) is 0 Å². The molecule has 94 valence electrons. The molecule has 3 heteroatoms. The summed E-state index contributed by atoms with van der Waals surface area (Å²) >= 11 is 3.44. The van der Waals surface area contributed by atoms with Crippen LogP contribution in [-0.4, -0.2) is 0 Å². The third kappa shape index (κ3) is 3.12. The van der Waals surface area contributed by atoms with E-state index in [-0.39, 0.29) is 6.04 Å². The van der Waals surface area contributed by atoms with Gasteiger partial charge in [0.1, 0.15) is 11.5 Å². The highest BCUT2D eigenvalue weighted by Crippen LogP contribution is 2.28. The van der Waals surface area contributed by atoms with Crippen molar-refractivity contribution in [1.29, 1.82) is 0 Å². The molecule has 0 spiro atoms. The highest BCUT2D eigenvalue weighted by molar-refractivity contribution is 9.10. The molecule has 0 radical (unpaired) electrons. The van der Waals surface area contributed by atoms with Crippen molar-refractivity contribution in [1.82, 2.24) is 0 Å². The van der Waals surface area contributed by atoms with E-state index in [9.17, 15) is 0 Å². The fraction of sp³-hybridized carbons (Fsp3) is 0.200. The van der Waals surface area contributed by atoms with E-state index in [0.717, 1.165) is 27.1 Å². The van der Waals surface area contributed by atoms with Crippen LogP contribution in [0.5, 0.6) is 11.5 Å². The molecule has 1 unspecified atom stereocenters. The number of benzene rings is 2. The van der Waals surface area contributed by atoms with Crippen LogP contribution in [0, 0.1) is 6.92 Å². The lowest BCUT2D eigenvalue weighted by molar-refractivity contribution is 0.478. The number of rotatable bonds is 3. The third-order valence-electron chi connectivity index (χ3n) is 2.77. The van der Waals surface area contributed by atoms with Crippen LogP contribution in [-0.2, 0) is 0 Å². The van der Waals surface area contributed by atoms with Gasteiger partial charge in [-0.2, -0.15) is 0 Å². The predicted molar refractivity (Wildman–Crippen MR) is 78.0 cm³/mol. The Morgan fingerprint density at radius 2 is 1.78 bits per heavy atom. The highest BCUT2D eigenvalue weighted by Gasteiger charge is 2.03. The van der Waals surface area contributed by atoms with Crippen molar-refractivity contribution >= 4 is 15.9 Å². The van der Waals surface area contributed by atoms with Crippen molar-refractivity contribution in [3.05, 3.63) is 58.1 Å². The molecule has 0 fully saturated rings. The maximum absolute atomic E-state index is 5.84. The minimum absolute atomic E-state index is 0.0495. The zero-order valence-corrected chi connectivity index (χ0v) is 12.1. The van der Waals surface area contributed by atoms with Gasteiger partial charge in [-0.1, -0.05) is 28.1 Å². The van der Waals surface area contributed by atoms with E-state index < -0.39 is 0 Å². The second-order valence-corrected chi connectivity index (χ2v) is 5.29. The van der Waals surface area contributed by atoms with Gasteiger partial charge in [-0.25, -0.2) is 0 Å². The number of hydrogen-bond donors (Lipinski definition) is 1. The number of nitrogens with two attached hydrogens (primary N) is 1. The van der Waals surface area contributed by atoms with Crippen molar-refractivity contribution in [3.8, 4) is 11.5 Å². The fourth-order valence-corrected chi connectivity index (χ4v) is 2.17. The monoisotopic (exact) mass is 305 g/mol. The molecule has 0 aliphatic heterocycles. The average molecular weight is 306 g/mol. The Hall–Kier alpha value is -1.32. The lowest BCUT2D eigenvalue weighted by atomic mass is 10.1. The minimum atomic E-state index is 0.0495. The normalized spacial score (nSPS) is 12.2. The molecule has 1 atom stereocenters. The van der Waals surface area contributed by atoms with Gasteiger partial charge in [0.25, 0.3) is 0 Å². The molecule has 0 amide bonds. The van der Waals surface area contributed by atoms with Crippen molar-refractivity contribution in [3.63, 3.8) is 0 Å². The molecule has 0 saturated carbocycles. The topological polar surface area (TPSA) is 35.2 Å². The maximum atomic E-state index is 5.84. The summed E-state index contributed by atoms with van der Waals surface area (Å²) in [5.74, 6) is 1.69. The largest absolute Gasteiger partial charge is 0.457 e. The van der Waals surface area contributed by atoms with E-state index in [0.29, 0.717) is 0 Å². The van der Waals surface area contributed by atoms with Crippen LogP contribution < -0.4 is 10.5 Å². The summed E-state index contributed by atoms with van der Waals surface area (Å²) in [5.41, 5.74) is 8.02. The van der Waals surface area contributed by atoms with Crippen molar-refractivity contribution < 1.29 is 4.74 Å². The first-order valence-electron chi connectivity index (χ1n) is 5.86. The Morgan fingerprint density at radius 1 is 1.11 bits per heavy atom. The first-order valence-corrected chi connectivity index (χ1v) is 6.65. The van der Waals surface area contributed by atoms with Gasteiger partial charge in [0.15, 0.2) is 0 Å². The Kier molecular flexibility index (Phi) is 4.04. The van der Waals surface area contributed by atoms with Crippen molar-refractivity contribution in [2.75, 3.05) is 0 Å². The molecule has 0 aliphatic rings. The second kappa shape index (κ2) is 5.55. The summed E-state index contributed by atoms with van der Waals surface area (Å²) < 4.78 is 6.89. The number of halogens is 1. The lowest BCUT2D eigenvalue weighted by Gasteiger charge is -2.10. The van der Waals surface area contributed by atoms with Gasteiger partial charge < -0.3 is 10.5 Å². The van der Waals surface area contributed by atoms with Crippen LogP contribution in [0.3, 0.4) is 0 Å². The summed E-state index contributed by atoms with van der Waals surface area (Å²) in [4.78, 5) is 0. The van der Waals surface area contributed by atoms with Gasteiger partial charge >= 0.3 is 0 Å². The molecule has 18 heavy (non-hydrogen) atoms. The van der Waals surface area contributed by atoms with Crippen molar-refractivity contribution in [2.45, 2.75) is 19.9 Å². The Morgan fingerprint density at radius 3 is 2.33 bits per heavy atom. The highest BCUT2D eigenvalue weighted by atomic mass is 79.9. The molecule has 0 aliphatic carbocycles. The van der Waals surface area contributed by atoms with Crippen molar-refractivity contribution in [2.24, 2.45) is 5.73 Å². The SMILES string of the molecule is Cc1cc(Br)ccc1Oc1ccc(C(C)N)cc1. The quantitative estimate of drug-likeness (QED) is 0.901. The summed E-state index contributed by atoms with van der Waals surface area (Å²) in [6.45, 7) is 3.99. The zero-order chi connectivity index (χ0) is 13.1. The van der Waals surface area contributed by atoms with Gasteiger partial charge in [0.05, 0.1) is 0 Å². The van der Waals surface area contributed by atoms with Crippen LogP contribution in [0.2, 0.25) is 0 Å². The van der Waals surface area contributed by atoms with Gasteiger partial charge in [-0.15, -0.1) is 0 Å². The van der Waals surface area contributed by atoms with E-state index >= 15 is 0 Å². The van der Waals surface area contributed by atoms with Crippen LogP contribution in [0.15, 0.2) is 46.9 Å². The van der Waals surface area contributed by atoms with Gasteiger partial charge in [0, 0.05) is 10.5 Å². The minimum Gasteiger partial charge on any atom is -0.457 e. The number of ether oxygens (including phenoxy) is 1. The van der Waals surface area contributed by atoms with Crippen LogP contribution in [0.4, 0.5) is 0 Å². The number of hydrogen-bond acceptors (Lipinski definition) is 2. The molecular formula is C15H16BrNO. The molecule has 0 bridgehead atoms. The predicted octanol–water partition coefficient (Wildman–Crippen LogP) is 4.57. The summed E-state index contributed by atoms with van der Waals surface area (Å²) in [6, 6.07) is 13.9. The second-order valence-electron chi connectivity index (χ2n) is 4.37. The molecular weight excluding hydrogens is 290 g/mol. The Labute approximate surface area is 116 Å². The first-order chi connectivity index (χ1) is 8.56. The molecule has 0 aromatic heterocycles. The first kappa shape index (κ1) is 13.1. The van der Waals surface area contributed by atoms with E-state index in [1.165, 1.54) is 0 Å². The molecule has 2 aromatic carbocycles. The Bertz CT molecular complexity index is 535. The molecule has 2 rings (SSSR count). The zero-order valence-electron chi connectivity index (χ0n) is 10.5. The van der Waals surface area contributed by atoms with Crippen LogP contribution in [0.25, 0.3) is 0 Å². The van der Waals surface area contributed by atoms with E-state index in [2.05, 4.69) is 15.9 Å². The third-order valence-corrected chi connectivity index (χ3v) is 3.26. The van der Waals surface area contributed by atoms with Gasteiger partial charge in [-0.3, -0.25) is 0 Å². The summed E-state index contributed by atoms with van der Waals surface area (Å²) in [5, 5.41) is 0. The molecule has 2 aromatic rings. The molecule has 2 N–H and O–H groups in total. The van der Waals surface area contributed by atoms with E-state index in [4.69, 9.17) is 10.5 Å². The standard InChI is InChI=1S/C15H16BrNO/c1-10-9-13(16)5-8-15(10)18-14-6-3-12(4-7-14)11(2)17/h3-9,11H,17H2,1-2H3. The van der Waals surface area contributed by atoms with E-state index in [1.807, 2.05) is 56.3 Å². The maximum Gasteiger partial charge on any atom is 0.130 e. The number of aryl methyl sites for hydroxylation is 1. The fourth-order valence-electron chi connectivity index (χ4n) is 1.69. The smallest absolute Gasteiger partial charge is 0.130 e. The summed E-state index contributed by atoms with van der Waals surface area (Å²) in [6.07, 6.45) is 0. The molecule has 0 saturated heterocycles. The Balaban J connectivity index is 2.18. The van der Waals surface area contributed by atoms with Gasteiger partial charge in [-0.05, 0) is 55.3 Å². The molecule has 2 nitrogen and oxygen atoms in total. The van der Waals surface area contributed by atoms with E-state index in [1.54, 1.807) is 0 Å².